The highest BCUT2D eigenvalue weighted by Gasteiger charge is 2.20. The number of carbonyl (C=O) groups is 1. The smallest absolute Gasteiger partial charge is 0.415 e. The second kappa shape index (κ2) is 6.15. The number of benzene rings is 1. The molecule has 19 heavy (non-hydrogen) atoms. The molecular weight excluding hydrogens is 266 g/mol. The first-order chi connectivity index (χ1) is 9.06. The lowest BCUT2D eigenvalue weighted by molar-refractivity contribution is 0.162. The minimum Gasteiger partial charge on any atom is -0.489 e. The molecule has 0 aliphatic carbocycles. The molecule has 1 fully saturated rings. The van der Waals surface area contributed by atoms with Crippen molar-refractivity contribution in [3.63, 3.8) is 0 Å². The molecule has 1 heterocycles. The molecule has 0 aromatic heterocycles. The summed E-state index contributed by atoms with van der Waals surface area (Å²) in [6, 6.07) is 4.99. The van der Waals surface area contributed by atoms with Crippen molar-refractivity contribution in [2.45, 2.75) is 32.8 Å². The minimum atomic E-state index is -0.310. The van der Waals surface area contributed by atoms with Crippen LogP contribution in [0.2, 0.25) is 5.02 Å². The summed E-state index contributed by atoms with van der Waals surface area (Å²) in [6.07, 6.45) is 1.78. The van der Waals surface area contributed by atoms with Gasteiger partial charge in [-0.2, -0.15) is 0 Å². The summed E-state index contributed by atoms with van der Waals surface area (Å²) in [5, 5.41) is 0.509. The van der Waals surface area contributed by atoms with Gasteiger partial charge in [-0.15, -0.1) is 0 Å². The van der Waals surface area contributed by atoms with Crippen molar-refractivity contribution in [2.24, 2.45) is 0 Å². The van der Waals surface area contributed by atoms with Gasteiger partial charge in [0, 0.05) is 19.2 Å². The molecule has 0 atom stereocenters. The Morgan fingerprint density at radius 2 is 2.00 bits per heavy atom. The fourth-order valence-corrected chi connectivity index (χ4v) is 2.12. The van der Waals surface area contributed by atoms with Crippen molar-refractivity contribution in [3.8, 4) is 11.5 Å². The molecular formula is C14H18ClNO3. The number of amides is 1. The normalized spacial score (nSPS) is 14.8. The van der Waals surface area contributed by atoms with E-state index in [9.17, 15) is 4.79 Å². The summed E-state index contributed by atoms with van der Waals surface area (Å²) in [5.41, 5.74) is 0. The Kier molecular flexibility index (Phi) is 4.53. The molecule has 0 N–H and O–H groups in total. The average Bonchev–Trinajstić information content (AvgIpc) is 2.86. The van der Waals surface area contributed by atoms with Crippen LogP contribution in [-0.2, 0) is 0 Å². The lowest BCUT2D eigenvalue weighted by atomic mass is 10.3. The van der Waals surface area contributed by atoms with Gasteiger partial charge in [-0.3, -0.25) is 0 Å². The molecule has 0 unspecified atom stereocenters. The highest BCUT2D eigenvalue weighted by Crippen LogP contribution is 2.30. The Balaban J connectivity index is 2.05. The van der Waals surface area contributed by atoms with E-state index in [1.54, 1.807) is 23.1 Å². The Morgan fingerprint density at radius 3 is 2.63 bits per heavy atom. The van der Waals surface area contributed by atoms with Crippen LogP contribution in [-0.4, -0.2) is 30.2 Å². The number of rotatable bonds is 3. The van der Waals surface area contributed by atoms with E-state index in [1.807, 2.05) is 13.8 Å². The van der Waals surface area contributed by atoms with Gasteiger partial charge >= 0.3 is 6.09 Å². The first kappa shape index (κ1) is 14.0. The van der Waals surface area contributed by atoms with Crippen molar-refractivity contribution < 1.29 is 14.3 Å². The average molecular weight is 284 g/mol. The Labute approximate surface area is 118 Å². The fourth-order valence-electron chi connectivity index (χ4n) is 1.96. The van der Waals surface area contributed by atoms with Crippen LogP contribution in [0.3, 0.4) is 0 Å². The molecule has 1 aliphatic heterocycles. The third-order valence-corrected chi connectivity index (χ3v) is 3.15. The molecule has 1 saturated heterocycles. The van der Waals surface area contributed by atoms with Crippen molar-refractivity contribution in [1.29, 1.82) is 0 Å². The van der Waals surface area contributed by atoms with E-state index >= 15 is 0 Å². The second-order valence-corrected chi connectivity index (χ2v) is 5.23. The topological polar surface area (TPSA) is 38.8 Å². The van der Waals surface area contributed by atoms with Gasteiger partial charge < -0.3 is 14.4 Å². The minimum absolute atomic E-state index is 0.0158. The lowest BCUT2D eigenvalue weighted by Crippen LogP contribution is -2.30. The summed E-state index contributed by atoms with van der Waals surface area (Å²) in [6.45, 7) is 5.36. The third-order valence-electron chi connectivity index (χ3n) is 2.83. The van der Waals surface area contributed by atoms with Crippen LogP contribution in [0.25, 0.3) is 0 Å². The van der Waals surface area contributed by atoms with Crippen molar-refractivity contribution in [3.05, 3.63) is 23.2 Å². The highest BCUT2D eigenvalue weighted by molar-refractivity contribution is 6.32. The number of nitrogens with zero attached hydrogens (tertiary/aromatic N) is 1. The van der Waals surface area contributed by atoms with E-state index in [0.29, 0.717) is 16.5 Å². The summed E-state index contributed by atoms with van der Waals surface area (Å²) in [4.78, 5) is 13.6. The first-order valence-corrected chi connectivity index (χ1v) is 6.87. The Bertz CT molecular complexity index is 456. The molecule has 0 saturated carbocycles. The fraction of sp³-hybridized carbons (Fsp3) is 0.500. The van der Waals surface area contributed by atoms with E-state index < -0.39 is 0 Å². The zero-order valence-electron chi connectivity index (χ0n) is 11.2. The second-order valence-electron chi connectivity index (χ2n) is 4.82. The number of hydrogen-bond donors (Lipinski definition) is 0. The molecule has 0 spiro atoms. The number of likely N-dealkylation sites (tertiary alicyclic amines) is 1. The van der Waals surface area contributed by atoms with Gasteiger partial charge in [-0.1, -0.05) is 11.6 Å². The van der Waals surface area contributed by atoms with Gasteiger partial charge in [-0.05, 0) is 38.8 Å². The van der Waals surface area contributed by atoms with E-state index in [1.165, 1.54) is 0 Å². The predicted octanol–water partition coefficient (Wildman–Crippen LogP) is 3.72. The summed E-state index contributed by atoms with van der Waals surface area (Å²) in [5.74, 6) is 0.986. The monoisotopic (exact) mass is 283 g/mol. The van der Waals surface area contributed by atoms with Crippen LogP contribution in [0.15, 0.2) is 18.2 Å². The van der Waals surface area contributed by atoms with Crippen LogP contribution in [0, 0.1) is 0 Å². The summed E-state index contributed by atoms with van der Waals surface area (Å²) < 4.78 is 10.9. The van der Waals surface area contributed by atoms with E-state index in [4.69, 9.17) is 21.1 Å². The van der Waals surface area contributed by atoms with Gasteiger partial charge in [0.1, 0.15) is 11.5 Å². The molecule has 1 aliphatic rings. The van der Waals surface area contributed by atoms with Crippen molar-refractivity contribution >= 4 is 17.7 Å². The maximum Gasteiger partial charge on any atom is 0.415 e. The van der Waals surface area contributed by atoms with E-state index in [2.05, 4.69) is 0 Å². The van der Waals surface area contributed by atoms with Crippen LogP contribution in [0.5, 0.6) is 11.5 Å². The molecule has 1 aromatic rings. The number of carbonyl (C=O) groups excluding carboxylic acids is 1. The molecule has 2 rings (SSSR count). The Morgan fingerprint density at radius 1 is 1.32 bits per heavy atom. The maximum absolute atomic E-state index is 11.9. The summed E-state index contributed by atoms with van der Waals surface area (Å²) >= 11 is 6.03. The first-order valence-electron chi connectivity index (χ1n) is 6.49. The molecule has 104 valence electrons. The number of hydrogen-bond acceptors (Lipinski definition) is 3. The van der Waals surface area contributed by atoms with Crippen molar-refractivity contribution in [1.82, 2.24) is 4.90 Å². The van der Waals surface area contributed by atoms with Gasteiger partial charge in [0.15, 0.2) is 0 Å². The van der Waals surface area contributed by atoms with Crippen molar-refractivity contribution in [2.75, 3.05) is 13.1 Å². The molecule has 1 aromatic carbocycles. The van der Waals surface area contributed by atoms with Gasteiger partial charge in [-0.25, -0.2) is 4.79 Å². The molecule has 0 bridgehead atoms. The number of halogens is 1. The molecule has 4 nitrogen and oxygen atoms in total. The van der Waals surface area contributed by atoms with Crippen LogP contribution in [0.4, 0.5) is 4.79 Å². The largest absolute Gasteiger partial charge is 0.489 e. The molecule has 1 amide bonds. The quantitative estimate of drug-likeness (QED) is 0.848. The third kappa shape index (κ3) is 3.77. The predicted molar refractivity (Wildman–Crippen MR) is 74.0 cm³/mol. The standard InChI is InChI=1S/C14H18ClNO3/c1-10(2)18-13-9-11(5-6-12(13)15)19-14(17)16-7-3-4-8-16/h5-6,9-10H,3-4,7-8H2,1-2H3. The summed E-state index contributed by atoms with van der Waals surface area (Å²) in [7, 11) is 0. The van der Waals surface area contributed by atoms with Gasteiger partial charge in [0.2, 0.25) is 0 Å². The molecule has 5 heteroatoms. The SMILES string of the molecule is CC(C)Oc1cc(OC(=O)N2CCCC2)ccc1Cl. The van der Waals surface area contributed by atoms with Crippen LogP contribution in [0.1, 0.15) is 26.7 Å². The highest BCUT2D eigenvalue weighted by atomic mass is 35.5. The van der Waals surface area contributed by atoms with E-state index in [-0.39, 0.29) is 12.2 Å². The molecule has 0 radical (unpaired) electrons. The van der Waals surface area contributed by atoms with Crippen LogP contribution >= 0.6 is 11.6 Å². The van der Waals surface area contributed by atoms with E-state index in [0.717, 1.165) is 25.9 Å². The van der Waals surface area contributed by atoms with Gasteiger partial charge in [0.05, 0.1) is 11.1 Å². The van der Waals surface area contributed by atoms with Crippen LogP contribution < -0.4 is 9.47 Å². The Hall–Kier alpha value is -1.42. The zero-order valence-corrected chi connectivity index (χ0v) is 11.9. The lowest BCUT2D eigenvalue weighted by Gasteiger charge is -2.16. The zero-order chi connectivity index (χ0) is 13.8. The van der Waals surface area contributed by atoms with Gasteiger partial charge in [0.25, 0.3) is 0 Å². The number of ether oxygens (including phenoxy) is 2. The maximum atomic E-state index is 11.9.